The highest BCUT2D eigenvalue weighted by Gasteiger charge is 2.40. The molecule has 5 nitrogen and oxygen atoms in total. The molecule has 3 amide bonds. The van der Waals surface area contributed by atoms with E-state index < -0.39 is 17.6 Å². The number of hydrogen-bond acceptors (Lipinski definition) is 3. The minimum Gasteiger partial charge on any atom is -0.337 e. The maximum atomic E-state index is 13.9. The van der Waals surface area contributed by atoms with Crippen LogP contribution in [-0.4, -0.2) is 47.2 Å². The number of fused-ring (bicyclic) bond motifs is 2. The van der Waals surface area contributed by atoms with E-state index in [0.717, 1.165) is 23.8 Å². The molecular formula is C19H19FN2O3. The molecule has 130 valence electrons. The number of halogens is 1. The largest absolute Gasteiger partial charge is 0.337 e. The number of imide groups is 1. The zero-order valence-corrected chi connectivity index (χ0v) is 13.8. The number of carbonyl (C=O) groups excluding carboxylic acids is 3. The summed E-state index contributed by atoms with van der Waals surface area (Å²) in [6.45, 7) is 0.878. The first-order valence-corrected chi connectivity index (χ1v) is 8.67. The zero-order valence-electron chi connectivity index (χ0n) is 13.8. The first kappa shape index (κ1) is 16.0. The Bertz CT molecular complexity index is 802. The van der Waals surface area contributed by atoms with Crippen LogP contribution in [0.1, 0.15) is 46.4 Å². The van der Waals surface area contributed by atoms with Crippen molar-refractivity contribution in [2.75, 3.05) is 19.6 Å². The third kappa shape index (κ3) is 2.65. The molecule has 4 rings (SSSR count). The average Bonchev–Trinajstić information content (AvgIpc) is 2.87. The number of nitrogens with zero attached hydrogens (tertiary/aromatic N) is 2. The van der Waals surface area contributed by atoms with Gasteiger partial charge in [0.2, 0.25) is 5.91 Å². The number of rotatable bonds is 2. The smallest absolute Gasteiger partial charge is 0.265 e. The molecular weight excluding hydrogens is 323 g/mol. The second kappa shape index (κ2) is 6.10. The Morgan fingerprint density at radius 1 is 1.20 bits per heavy atom. The van der Waals surface area contributed by atoms with Crippen LogP contribution < -0.4 is 0 Å². The molecule has 0 N–H and O–H groups in total. The van der Waals surface area contributed by atoms with Gasteiger partial charge in [-0.3, -0.25) is 19.3 Å². The minimum atomic E-state index is -0.724. The highest BCUT2D eigenvalue weighted by Crippen LogP contribution is 2.32. The molecule has 1 saturated heterocycles. The van der Waals surface area contributed by atoms with E-state index in [1.54, 1.807) is 4.90 Å². The van der Waals surface area contributed by atoms with Gasteiger partial charge in [-0.1, -0.05) is 17.7 Å². The summed E-state index contributed by atoms with van der Waals surface area (Å²) in [5.74, 6) is -1.75. The topological polar surface area (TPSA) is 57.7 Å². The van der Waals surface area contributed by atoms with Gasteiger partial charge in [0.15, 0.2) is 0 Å². The fraction of sp³-hybridized carbons (Fsp3) is 0.421. The summed E-state index contributed by atoms with van der Waals surface area (Å²) in [6.07, 6.45) is 6.55. The van der Waals surface area contributed by atoms with Gasteiger partial charge in [0.05, 0.1) is 11.1 Å². The maximum Gasteiger partial charge on any atom is 0.265 e. The van der Waals surface area contributed by atoms with Crippen molar-refractivity contribution in [3.63, 3.8) is 0 Å². The summed E-state index contributed by atoms with van der Waals surface area (Å²) < 4.78 is 13.9. The van der Waals surface area contributed by atoms with Crippen molar-refractivity contribution in [3.8, 4) is 0 Å². The molecule has 1 aromatic carbocycles. The van der Waals surface area contributed by atoms with Crippen LogP contribution in [0.5, 0.6) is 0 Å². The van der Waals surface area contributed by atoms with Crippen LogP contribution in [-0.2, 0) is 4.79 Å². The number of carbonyl (C=O) groups is 3. The molecule has 0 aromatic heterocycles. The Kier molecular flexibility index (Phi) is 3.90. The van der Waals surface area contributed by atoms with E-state index in [1.807, 2.05) is 0 Å². The molecule has 1 unspecified atom stereocenters. The van der Waals surface area contributed by atoms with Crippen LogP contribution in [0.4, 0.5) is 4.39 Å². The number of amides is 3. The van der Waals surface area contributed by atoms with Gasteiger partial charge in [-0.25, -0.2) is 4.39 Å². The summed E-state index contributed by atoms with van der Waals surface area (Å²) in [4.78, 5) is 39.9. The van der Waals surface area contributed by atoms with Gasteiger partial charge in [-0.15, -0.1) is 0 Å². The van der Waals surface area contributed by atoms with Gasteiger partial charge >= 0.3 is 0 Å². The fourth-order valence-electron chi connectivity index (χ4n) is 4.02. The number of likely N-dealkylation sites (tertiary alicyclic amines) is 1. The maximum absolute atomic E-state index is 13.9. The van der Waals surface area contributed by atoms with Crippen molar-refractivity contribution in [2.24, 2.45) is 5.92 Å². The van der Waals surface area contributed by atoms with Crippen molar-refractivity contribution in [3.05, 3.63) is 46.8 Å². The standard InChI is InChI=1S/C19H19FN2O3/c20-15-7-3-6-14-17(15)19(25)22(18(14)24)11-16(23)21-9-8-12-4-1-2-5-13(12)10-21/h3,5-7,12H,1-2,4,8-11H2. The SMILES string of the molecule is O=C(CN1C(=O)c2cccc(F)c2C1=O)N1CCC2CCCC=C2C1. The lowest BCUT2D eigenvalue weighted by Crippen LogP contribution is -2.46. The molecule has 25 heavy (non-hydrogen) atoms. The van der Waals surface area contributed by atoms with Crippen LogP contribution in [0.15, 0.2) is 29.8 Å². The van der Waals surface area contributed by atoms with E-state index in [1.165, 1.54) is 30.5 Å². The van der Waals surface area contributed by atoms with E-state index >= 15 is 0 Å². The zero-order chi connectivity index (χ0) is 17.6. The predicted octanol–water partition coefficient (Wildman–Crippen LogP) is 2.38. The van der Waals surface area contributed by atoms with Gasteiger partial charge < -0.3 is 4.90 Å². The normalized spacial score (nSPS) is 22.6. The fourth-order valence-corrected chi connectivity index (χ4v) is 4.02. The minimum absolute atomic E-state index is 0.0338. The molecule has 6 heteroatoms. The third-order valence-electron chi connectivity index (χ3n) is 5.40. The number of benzene rings is 1. The van der Waals surface area contributed by atoms with Crippen LogP contribution in [0.25, 0.3) is 0 Å². The number of piperidine rings is 1. The Labute approximate surface area is 145 Å². The highest BCUT2D eigenvalue weighted by atomic mass is 19.1. The van der Waals surface area contributed by atoms with Gasteiger partial charge in [0.1, 0.15) is 12.4 Å². The van der Waals surface area contributed by atoms with E-state index in [9.17, 15) is 18.8 Å². The van der Waals surface area contributed by atoms with Crippen molar-refractivity contribution in [1.29, 1.82) is 0 Å². The van der Waals surface area contributed by atoms with Gasteiger partial charge in [-0.2, -0.15) is 0 Å². The molecule has 1 aromatic rings. The predicted molar refractivity (Wildman–Crippen MR) is 88.4 cm³/mol. The highest BCUT2D eigenvalue weighted by molar-refractivity contribution is 6.22. The van der Waals surface area contributed by atoms with E-state index in [2.05, 4.69) is 6.08 Å². The molecule has 2 aliphatic heterocycles. The molecule has 3 aliphatic rings. The van der Waals surface area contributed by atoms with Crippen molar-refractivity contribution >= 4 is 17.7 Å². The summed E-state index contributed by atoms with van der Waals surface area (Å²) in [5.41, 5.74) is 1.10. The van der Waals surface area contributed by atoms with Crippen molar-refractivity contribution in [2.45, 2.75) is 25.7 Å². The number of allylic oxidation sites excluding steroid dienone is 1. The average molecular weight is 342 g/mol. The first-order chi connectivity index (χ1) is 12.1. The molecule has 0 bridgehead atoms. The van der Waals surface area contributed by atoms with Crippen LogP contribution in [0, 0.1) is 11.7 Å². The van der Waals surface area contributed by atoms with Crippen LogP contribution in [0.2, 0.25) is 0 Å². The summed E-state index contributed by atoms with van der Waals surface area (Å²) >= 11 is 0. The second-order valence-electron chi connectivity index (χ2n) is 6.87. The molecule has 2 heterocycles. The Hall–Kier alpha value is -2.50. The van der Waals surface area contributed by atoms with E-state index in [4.69, 9.17) is 0 Å². The van der Waals surface area contributed by atoms with Crippen molar-refractivity contribution < 1.29 is 18.8 Å². The third-order valence-corrected chi connectivity index (χ3v) is 5.40. The second-order valence-corrected chi connectivity index (χ2v) is 6.87. The monoisotopic (exact) mass is 342 g/mol. The molecule has 0 saturated carbocycles. The van der Waals surface area contributed by atoms with E-state index in [-0.39, 0.29) is 23.6 Å². The Morgan fingerprint density at radius 2 is 2.04 bits per heavy atom. The van der Waals surface area contributed by atoms with Crippen molar-refractivity contribution in [1.82, 2.24) is 9.80 Å². The lowest BCUT2D eigenvalue weighted by molar-refractivity contribution is -0.132. The molecule has 0 spiro atoms. The van der Waals surface area contributed by atoms with Gasteiger partial charge in [-0.05, 0) is 43.7 Å². The van der Waals surface area contributed by atoms with E-state index in [0.29, 0.717) is 19.0 Å². The quantitative estimate of drug-likeness (QED) is 0.612. The van der Waals surface area contributed by atoms with Crippen LogP contribution in [0.3, 0.4) is 0 Å². The van der Waals surface area contributed by atoms with Gasteiger partial charge in [0.25, 0.3) is 11.8 Å². The Balaban J connectivity index is 1.49. The molecule has 0 radical (unpaired) electrons. The molecule has 1 atom stereocenters. The first-order valence-electron chi connectivity index (χ1n) is 8.67. The summed E-state index contributed by atoms with van der Waals surface area (Å²) in [7, 11) is 0. The molecule has 1 fully saturated rings. The Morgan fingerprint density at radius 3 is 2.84 bits per heavy atom. The summed E-state index contributed by atoms with van der Waals surface area (Å²) in [6, 6.07) is 3.96. The lowest BCUT2D eigenvalue weighted by Gasteiger charge is -2.36. The van der Waals surface area contributed by atoms with Crippen LogP contribution >= 0.6 is 0 Å². The molecule has 1 aliphatic carbocycles. The lowest BCUT2D eigenvalue weighted by atomic mass is 9.82. The van der Waals surface area contributed by atoms with Gasteiger partial charge in [0, 0.05) is 13.1 Å². The number of hydrogen-bond donors (Lipinski definition) is 0. The summed E-state index contributed by atoms with van der Waals surface area (Å²) in [5, 5.41) is 0.